The molecular formula is C23H30N2O2. The number of carbonyl (C=O) groups excluding carboxylic acids is 1. The molecule has 4 nitrogen and oxygen atoms in total. The summed E-state index contributed by atoms with van der Waals surface area (Å²) in [4.78, 5) is 15.0. The number of benzene rings is 2. The summed E-state index contributed by atoms with van der Waals surface area (Å²) >= 11 is 0. The van der Waals surface area contributed by atoms with Gasteiger partial charge in [0.2, 0.25) is 0 Å². The van der Waals surface area contributed by atoms with Gasteiger partial charge in [-0.3, -0.25) is 4.79 Å². The molecule has 0 unspecified atom stereocenters. The van der Waals surface area contributed by atoms with Crippen molar-refractivity contribution in [2.24, 2.45) is 0 Å². The van der Waals surface area contributed by atoms with Gasteiger partial charge in [0.1, 0.15) is 5.75 Å². The number of rotatable bonds is 6. The van der Waals surface area contributed by atoms with Crippen LogP contribution < -0.4 is 15.0 Å². The molecule has 0 aliphatic carbocycles. The summed E-state index contributed by atoms with van der Waals surface area (Å²) < 4.78 is 6.01. The van der Waals surface area contributed by atoms with E-state index in [0.717, 1.165) is 35.7 Å². The van der Waals surface area contributed by atoms with Crippen molar-refractivity contribution in [1.29, 1.82) is 0 Å². The summed E-state index contributed by atoms with van der Waals surface area (Å²) in [5.41, 5.74) is 4.26. The monoisotopic (exact) mass is 366 g/mol. The number of aryl methyl sites for hydroxylation is 1. The zero-order chi connectivity index (χ0) is 19.4. The molecule has 1 amide bonds. The molecule has 0 bridgehead atoms. The Morgan fingerprint density at radius 2 is 1.70 bits per heavy atom. The van der Waals surface area contributed by atoms with Gasteiger partial charge in [-0.05, 0) is 74.1 Å². The molecule has 2 aromatic rings. The minimum Gasteiger partial charge on any atom is -0.481 e. The molecule has 0 spiro atoms. The molecular weight excluding hydrogens is 336 g/mol. The lowest BCUT2D eigenvalue weighted by atomic mass is 10.0. The molecule has 1 heterocycles. The molecule has 2 aromatic carbocycles. The maximum Gasteiger partial charge on any atom is 0.265 e. The van der Waals surface area contributed by atoms with Crippen LogP contribution in [0.15, 0.2) is 42.5 Å². The average Bonchev–Trinajstić information content (AvgIpc) is 3.16. The fraction of sp³-hybridized carbons (Fsp3) is 0.435. The van der Waals surface area contributed by atoms with Crippen LogP contribution in [0.3, 0.4) is 0 Å². The van der Waals surface area contributed by atoms with Crippen molar-refractivity contribution >= 4 is 17.3 Å². The highest BCUT2D eigenvalue weighted by molar-refractivity contribution is 5.94. The van der Waals surface area contributed by atoms with E-state index in [-0.39, 0.29) is 5.91 Å². The molecule has 3 rings (SSSR count). The summed E-state index contributed by atoms with van der Waals surface area (Å²) in [6, 6.07) is 14.2. The Bertz CT molecular complexity index is 777. The molecule has 1 aliphatic heterocycles. The van der Waals surface area contributed by atoms with E-state index in [2.05, 4.69) is 48.3 Å². The second-order valence-corrected chi connectivity index (χ2v) is 7.69. The fourth-order valence-corrected chi connectivity index (χ4v) is 3.44. The lowest BCUT2D eigenvalue weighted by Crippen LogP contribution is -2.30. The van der Waals surface area contributed by atoms with E-state index in [1.165, 1.54) is 18.5 Å². The maximum absolute atomic E-state index is 12.6. The number of anilines is 2. The van der Waals surface area contributed by atoms with Crippen LogP contribution in [0.25, 0.3) is 0 Å². The van der Waals surface area contributed by atoms with Gasteiger partial charge in [0.05, 0.1) is 0 Å². The Balaban J connectivity index is 1.63. The van der Waals surface area contributed by atoms with E-state index in [1.807, 2.05) is 25.1 Å². The van der Waals surface area contributed by atoms with Crippen LogP contribution in [0.4, 0.5) is 11.4 Å². The van der Waals surface area contributed by atoms with Crippen LogP contribution in [0.1, 0.15) is 50.7 Å². The number of ether oxygens (including phenoxy) is 1. The Kier molecular flexibility index (Phi) is 6.04. The lowest BCUT2D eigenvalue weighted by molar-refractivity contribution is -0.122. The van der Waals surface area contributed by atoms with Crippen molar-refractivity contribution in [3.05, 3.63) is 53.6 Å². The summed E-state index contributed by atoms with van der Waals surface area (Å²) in [5, 5.41) is 2.96. The topological polar surface area (TPSA) is 41.6 Å². The van der Waals surface area contributed by atoms with Crippen molar-refractivity contribution in [3.8, 4) is 5.75 Å². The Hall–Kier alpha value is -2.49. The minimum absolute atomic E-state index is 0.139. The summed E-state index contributed by atoms with van der Waals surface area (Å²) in [6.45, 7) is 10.3. The van der Waals surface area contributed by atoms with Crippen molar-refractivity contribution in [2.45, 2.75) is 52.6 Å². The Morgan fingerprint density at radius 3 is 2.33 bits per heavy atom. The third-order valence-corrected chi connectivity index (χ3v) is 5.07. The zero-order valence-electron chi connectivity index (χ0n) is 16.8. The standard InChI is InChI=1S/C23H30N2O2/c1-16(2)21-12-7-17(3)15-22(21)27-18(4)23(26)24-19-8-10-20(11-9-19)25-13-5-6-14-25/h7-12,15-16,18H,5-6,13-14H2,1-4H3,(H,24,26)/t18-/m0/s1. The van der Waals surface area contributed by atoms with Crippen molar-refractivity contribution in [3.63, 3.8) is 0 Å². The van der Waals surface area contributed by atoms with E-state index in [4.69, 9.17) is 4.74 Å². The van der Waals surface area contributed by atoms with Gasteiger partial charge in [0.25, 0.3) is 5.91 Å². The highest BCUT2D eigenvalue weighted by atomic mass is 16.5. The average molecular weight is 367 g/mol. The Labute approximate surface area is 162 Å². The lowest BCUT2D eigenvalue weighted by Gasteiger charge is -2.20. The van der Waals surface area contributed by atoms with E-state index >= 15 is 0 Å². The first kappa shape index (κ1) is 19.3. The van der Waals surface area contributed by atoms with Gasteiger partial charge in [-0.15, -0.1) is 0 Å². The molecule has 4 heteroatoms. The van der Waals surface area contributed by atoms with Crippen molar-refractivity contribution in [2.75, 3.05) is 23.3 Å². The Morgan fingerprint density at radius 1 is 1.04 bits per heavy atom. The molecule has 0 radical (unpaired) electrons. The summed E-state index contributed by atoms with van der Waals surface area (Å²) in [6.07, 6.45) is 1.94. The third kappa shape index (κ3) is 4.82. The molecule has 1 fully saturated rings. The van der Waals surface area contributed by atoms with Crippen LogP contribution in [0.5, 0.6) is 5.75 Å². The smallest absolute Gasteiger partial charge is 0.265 e. The SMILES string of the molecule is Cc1ccc(C(C)C)c(O[C@@H](C)C(=O)Nc2ccc(N3CCCC3)cc2)c1. The van der Waals surface area contributed by atoms with E-state index in [9.17, 15) is 4.79 Å². The van der Waals surface area contributed by atoms with E-state index < -0.39 is 6.10 Å². The molecule has 1 aliphatic rings. The van der Waals surface area contributed by atoms with E-state index in [1.54, 1.807) is 6.92 Å². The first-order chi connectivity index (χ1) is 12.9. The van der Waals surface area contributed by atoms with E-state index in [0.29, 0.717) is 5.92 Å². The number of amides is 1. The first-order valence-corrected chi connectivity index (χ1v) is 9.87. The number of hydrogen-bond donors (Lipinski definition) is 1. The third-order valence-electron chi connectivity index (χ3n) is 5.07. The number of hydrogen-bond acceptors (Lipinski definition) is 3. The second-order valence-electron chi connectivity index (χ2n) is 7.69. The number of nitrogens with zero attached hydrogens (tertiary/aromatic N) is 1. The molecule has 1 atom stereocenters. The zero-order valence-corrected chi connectivity index (χ0v) is 16.8. The van der Waals surface area contributed by atoms with Gasteiger partial charge in [-0.25, -0.2) is 0 Å². The largest absolute Gasteiger partial charge is 0.481 e. The molecule has 144 valence electrons. The maximum atomic E-state index is 12.6. The molecule has 0 saturated carbocycles. The molecule has 1 N–H and O–H groups in total. The van der Waals surface area contributed by atoms with Gasteiger partial charge < -0.3 is 15.0 Å². The van der Waals surface area contributed by atoms with Crippen molar-refractivity contribution in [1.82, 2.24) is 0 Å². The number of nitrogens with one attached hydrogen (secondary N) is 1. The minimum atomic E-state index is -0.567. The highest BCUT2D eigenvalue weighted by Crippen LogP contribution is 2.28. The van der Waals surface area contributed by atoms with Gasteiger partial charge in [-0.2, -0.15) is 0 Å². The highest BCUT2D eigenvalue weighted by Gasteiger charge is 2.18. The second kappa shape index (κ2) is 8.47. The van der Waals surface area contributed by atoms with Crippen molar-refractivity contribution < 1.29 is 9.53 Å². The first-order valence-electron chi connectivity index (χ1n) is 9.87. The summed E-state index contributed by atoms with van der Waals surface area (Å²) in [7, 11) is 0. The van der Waals surface area contributed by atoms with Crippen LogP contribution >= 0.6 is 0 Å². The fourth-order valence-electron chi connectivity index (χ4n) is 3.44. The van der Waals surface area contributed by atoms with Crippen LogP contribution in [-0.2, 0) is 4.79 Å². The normalized spacial score (nSPS) is 15.1. The molecule has 27 heavy (non-hydrogen) atoms. The van der Waals surface area contributed by atoms with Gasteiger partial charge in [-0.1, -0.05) is 26.0 Å². The van der Waals surface area contributed by atoms with Gasteiger partial charge >= 0.3 is 0 Å². The summed E-state index contributed by atoms with van der Waals surface area (Å²) in [5.74, 6) is 0.992. The molecule has 1 saturated heterocycles. The molecule has 0 aromatic heterocycles. The van der Waals surface area contributed by atoms with Crippen LogP contribution in [0, 0.1) is 6.92 Å². The predicted molar refractivity (Wildman–Crippen MR) is 112 cm³/mol. The van der Waals surface area contributed by atoms with Gasteiger partial charge in [0.15, 0.2) is 6.10 Å². The quantitative estimate of drug-likeness (QED) is 0.771. The number of carbonyl (C=O) groups is 1. The predicted octanol–water partition coefficient (Wildman–Crippen LogP) is 5.12. The van der Waals surface area contributed by atoms with Crippen LogP contribution in [-0.4, -0.2) is 25.1 Å². The van der Waals surface area contributed by atoms with Crippen LogP contribution in [0.2, 0.25) is 0 Å². The van der Waals surface area contributed by atoms with Gasteiger partial charge in [0, 0.05) is 24.5 Å².